The van der Waals surface area contributed by atoms with Crippen molar-refractivity contribution in [2.45, 2.75) is 5.91 Å². The number of nitriles is 1. The third-order valence-electron chi connectivity index (χ3n) is 2.12. The van der Waals surface area contributed by atoms with Gasteiger partial charge >= 0.3 is 5.97 Å². The first-order chi connectivity index (χ1) is 8.53. The summed E-state index contributed by atoms with van der Waals surface area (Å²) in [5.41, 5.74) is -0.319. The van der Waals surface area contributed by atoms with Gasteiger partial charge in [-0.25, -0.2) is 4.79 Å². The van der Waals surface area contributed by atoms with Crippen molar-refractivity contribution in [2.75, 3.05) is 0 Å². The Bertz CT molecular complexity index is 563. The van der Waals surface area contributed by atoms with E-state index in [1.165, 1.54) is 24.5 Å². The molecule has 2 rings (SSSR count). The molecule has 0 amide bonds. The number of rotatable bonds is 2. The van der Waals surface area contributed by atoms with Crippen LogP contribution in [0.3, 0.4) is 0 Å². The predicted octanol–water partition coefficient (Wildman–Crippen LogP) is -0.0306. The van der Waals surface area contributed by atoms with Crippen LogP contribution in [-0.2, 0) is 4.74 Å². The zero-order valence-corrected chi connectivity index (χ0v) is 8.95. The van der Waals surface area contributed by atoms with E-state index in [0.29, 0.717) is 0 Å². The SMILES string of the molecule is N#CC1=CC=C(OC(=O)c2ccco2)NC1(O)O. The molecule has 0 aliphatic carbocycles. The zero-order valence-electron chi connectivity index (χ0n) is 8.95. The van der Waals surface area contributed by atoms with Gasteiger partial charge in [-0.2, -0.15) is 5.26 Å². The summed E-state index contributed by atoms with van der Waals surface area (Å²) in [7, 11) is 0. The van der Waals surface area contributed by atoms with E-state index in [1.807, 2.05) is 0 Å². The van der Waals surface area contributed by atoms with Crippen LogP contribution < -0.4 is 5.32 Å². The van der Waals surface area contributed by atoms with E-state index in [0.717, 1.165) is 6.08 Å². The average Bonchev–Trinajstić information content (AvgIpc) is 2.81. The van der Waals surface area contributed by atoms with Gasteiger partial charge in [0.15, 0.2) is 0 Å². The topological polar surface area (TPSA) is 116 Å². The summed E-state index contributed by atoms with van der Waals surface area (Å²) in [4.78, 5) is 11.5. The highest BCUT2D eigenvalue weighted by atomic mass is 16.6. The van der Waals surface area contributed by atoms with Crippen LogP contribution in [0.1, 0.15) is 10.6 Å². The summed E-state index contributed by atoms with van der Waals surface area (Å²) >= 11 is 0. The number of hydrogen-bond donors (Lipinski definition) is 3. The molecule has 1 aliphatic heterocycles. The Kier molecular flexibility index (Phi) is 2.89. The number of hydrogen-bond acceptors (Lipinski definition) is 7. The van der Waals surface area contributed by atoms with E-state index in [2.05, 4.69) is 5.32 Å². The lowest BCUT2D eigenvalue weighted by Crippen LogP contribution is -2.48. The number of nitrogens with one attached hydrogen (secondary N) is 1. The van der Waals surface area contributed by atoms with Crippen LogP contribution in [0.4, 0.5) is 0 Å². The molecule has 0 saturated heterocycles. The average molecular weight is 248 g/mol. The minimum Gasteiger partial charge on any atom is -0.457 e. The first-order valence-electron chi connectivity index (χ1n) is 4.84. The van der Waals surface area contributed by atoms with E-state index in [1.54, 1.807) is 6.07 Å². The molecule has 0 unspecified atom stereocenters. The molecule has 7 heteroatoms. The van der Waals surface area contributed by atoms with Gasteiger partial charge in [-0.3, -0.25) is 0 Å². The smallest absolute Gasteiger partial charge is 0.380 e. The van der Waals surface area contributed by atoms with Crippen molar-refractivity contribution in [1.82, 2.24) is 5.32 Å². The summed E-state index contributed by atoms with van der Waals surface area (Å²) in [6, 6.07) is 4.50. The minimum atomic E-state index is -2.57. The summed E-state index contributed by atoms with van der Waals surface area (Å²) in [6.07, 6.45) is 3.65. The molecule has 18 heavy (non-hydrogen) atoms. The van der Waals surface area contributed by atoms with Gasteiger partial charge in [-0.15, -0.1) is 0 Å². The Hall–Kier alpha value is -2.56. The summed E-state index contributed by atoms with van der Waals surface area (Å²) in [5.74, 6) is -3.61. The van der Waals surface area contributed by atoms with Crippen molar-refractivity contribution in [3.05, 3.63) is 47.8 Å². The van der Waals surface area contributed by atoms with Gasteiger partial charge in [0, 0.05) is 0 Å². The van der Waals surface area contributed by atoms with E-state index in [-0.39, 0.29) is 17.2 Å². The number of furan rings is 1. The molecule has 0 fully saturated rings. The van der Waals surface area contributed by atoms with Gasteiger partial charge in [0.05, 0.1) is 6.26 Å². The highest BCUT2D eigenvalue weighted by Gasteiger charge is 2.33. The maximum atomic E-state index is 11.5. The molecule has 0 bridgehead atoms. The fourth-order valence-corrected chi connectivity index (χ4v) is 1.28. The predicted molar refractivity (Wildman–Crippen MR) is 56.2 cm³/mol. The standard InChI is InChI=1S/C11H8N2O5/c12-6-7-3-4-9(13-11(7,15)16)18-10(14)8-2-1-5-17-8/h1-5,13,15-16H. The van der Waals surface area contributed by atoms with Crippen LogP contribution in [-0.4, -0.2) is 22.1 Å². The Balaban J connectivity index is 2.13. The maximum absolute atomic E-state index is 11.5. The van der Waals surface area contributed by atoms with Crippen LogP contribution in [0.25, 0.3) is 0 Å². The number of esters is 1. The highest BCUT2D eigenvalue weighted by Crippen LogP contribution is 2.18. The van der Waals surface area contributed by atoms with Gasteiger partial charge < -0.3 is 24.7 Å². The second-order valence-electron chi connectivity index (χ2n) is 3.39. The molecule has 0 atom stereocenters. The van der Waals surface area contributed by atoms with E-state index >= 15 is 0 Å². The van der Waals surface area contributed by atoms with Gasteiger partial charge in [-0.05, 0) is 24.3 Å². The summed E-state index contributed by atoms with van der Waals surface area (Å²) in [5, 5.41) is 29.6. The molecule has 0 saturated carbocycles. The second-order valence-corrected chi connectivity index (χ2v) is 3.39. The van der Waals surface area contributed by atoms with Crippen molar-refractivity contribution in [3.63, 3.8) is 0 Å². The number of dihydropyridines is 1. The first-order valence-corrected chi connectivity index (χ1v) is 4.84. The van der Waals surface area contributed by atoms with Crippen molar-refractivity contribution >= 4 is 5.97 Å². The molecule has 3 N–H and O–H groups in total. The molecule has 7 nitrogen and oxygen atoms in total. The lowest BCUT2D eigenvalue weighted by molar-refractivity contribution is -0.150. The number of carbonyl (C=O) groups excluding carboxylic acids is 1. The van der Waals surface area contributed by atoms with Crippen LogP contribution in [0, 0.1) is 11.3 Å². The third kappa shape index (κ3) is 2.24. The fraction of sp³-hybridized carbons (Fsp3) is 0.0909. The molecule has 0 aromatic carbocycles. The van der Waals surface area contributed by atoms with E-state index in [4.69, 9.17) is 14.4 Å². The van der Waals surface area contributed by atoms with Crippen LogP contribution in [0.2, 0.25) is 0 Å². The Labute approximate surface area is 101 Å². The molecule has 0 spiro atoms. The van der Waals surface area contributed by atoms with Crippen molar-refractivity contribution < 1.29 is 24.2 Å². The lowest BCUT2D eigenvalue weighted by Gasteiger charge is -2.26. The number of ether oxygens (including phenoxy) is 1. The van der Waals surface area contributed by atoms with E-state index in [9.17, 15) is 15.0 Å². The molecule has 92 valence electrons. The normalized spacial score (nSPS) is 16.9. The van der Waals surface area contributed by atoms with E-state index < -0.39 is 11.9 Å². The number of allylic oxidation sites excluding steroid dienone is 2. The van der Waals surface area contributed by atoms with Gasteiger partial charge in [-0.1, -0.05) is 0 Å². The second kappa shape index (κ2) is 4.37. The van der Waals surface area contributed by atoms with Crippen molar-refractivity contribution in [3.8, 4) is 6.07 Å². The quantitative estimate of drug-likeness (QED) is 0.497. The van der Waals surface area contributed by atoms with Crippen molar-refractivity contribution in [1.29, 1.82) is 5.26 Å². The molecule has 1 aromatic heterocycles. The zero-order chi connectivity index (χ0) is 13.2. The van der Waals surface area contributed by atoms with Crippen LogP contribution in [0.5, 0.6) is 0 Å². The summed E-state index contributed by atoms with van der Waals surface area (Å²) < 4.78 is 9.62. The largest absolute Gasteiger partial charge is 0.457 e. The fourth-order valence-electron chi connectivity index (χ4n) is 1.28. The maximum Gasteiger partial charge on any atom is 0.380 e. The minimum absolute atomic E-state index is 0.0331. The number of carbonyl (C=O) groups is 1. The van der Waals surface area contributed by atoms with Gasteiger partial charge in [0.2, 0.25) is 11.6 Å². The monoisotopic (exact) mass is 248 g/mol. The molecular formula is C11H8N2O5. The van der Waals surface area contributed by atoms with Crippen LogP contribution >= 0.6 is 0 Å². The van der Waals surface area contributed by atoms with Gasteiger partial charge in [0.25, 0.3) is 5.91 Å². The van der Waals surface area contributed by atoms with Crippen LogP contribution in [0.15, 0.2) is 46.4 Å². The van der Waals surface area contributed by atoms with Gasteiger partial charge in [0.1, 0.15) is 11.6 Å². The first kappa shape index (κ1) is 11.9. The molecule has 1 aliphatic rings. The number of nitrogens with zero attached hydrogens (tertiary/aromatic N) is 1. The third-order valence-corrected chi connectivity index (χ3v) is 2.12. The molecule has 0 radical (unpaired) electrons. The Morgan fingerprint density at radius 3 is 2.83 bits per heavy atom. The Morgan fingerprint density at radius 2 is 2.28 bits per heavy atom. The lowest BCUT2D eigenvalue weighted by atomic mass is 10.1. The number of aliphatic hydroxyl groups is 2. The Morgan fingerprint density at radius 1 is 1.50 bits per heavy atom. The van der Waals surface area contributed by atoms with Crippen molar-refractivity contribution in [2.24, 2.45) is 0 Å². The highest BCUT2D eigenvalue weighted by molar-refractivity contribution is 5.86. The summed E-state index contributed by atoms with van der Waals surface area (Å²) in [6.45, 7) is 0. The molecular weight excluding hydrogens is 240 g/mol. The molecule has 2 heterocycles. The molecule has 1 aromatic rings.